The molecule has 0 fully saturated rings. The van der Waals surface area contributed by atoms with E-state index in [1.807, 2.05) is 0 Å². The minimum Gasteiger partial charge on any atom is -0.378 e. The molecule has 0 bridgehead atoms. The van der Waals surface area contributed by atoms with Crippen molar-refractivity contribution in [3.63, 3.8) is 0 Å². The summed E-state index contributed by atoms with van der Waals surface area (Å²) in [6.07, 6.45) is 0. The van der Waals surface area contributed by atoms with Gasteiger partial charge in [-0.3, -0.25) is 0 Å². The van der Waals surface area contributed by atoms with E-state index in [4.69, 9.17) is 0 Å². The van der Waals surface area contributed by atoms with Crippen molar-refractivity contribution in [2.45, 2.75) is 6.92 Å². The van der Waals surface area contributed by atoms with Gasteiger partial charge in [0.25, 0.3) is 0 Å². The van der Waals surface area contributed by atoms with E-state index in [2.05, 4.69) is 98.7 Å². The fraction of sp³-hybridized carbons (Fsp3) is 0.143. The van der Waals surface area contributed by atoms with Crippen LogP contribution in [0.2, 0.25) is 0 Å². The lowest BCUT2D eigenvalue weighted by Crippen LogP contribution is -2.07. The highest BCUT2D eigenvalue weighted by Gasteiger charge is 2.08. The Bertz CT molecular complexity index is 770. The molecule has 0 atom stereocenters. The van der Waals surface area contributed by atoms with Crippen molar-refractivity contribution < 1.29 is 0 Å². The van der Waals surface area contributed by atoms with Crippen molar-refractivity contribution >= 4 is 5.69 Å². The maximum Gasteiger partial charge on any atom is 0.0361 e. The van der Waals surface area contributed by atoms with E-state index in [0.29, 0.717) is 0 Å². The Labute approximate surface area is 132 Å². The van der Waals surface area contributed by atoms with Crippen LogP contribution in [0.4, 0.5) is 5.69 Å². The number of benzene rings is 3. The molecule has 0 unspecified atom stereocenters. The van der Waals surface area contributed by atoms with Gasteiger partial charge in [-0.1, -0.05) is 60.7 Å². The Hall–Kier alpha value is -2.54. The average molecular weight is 287 g/mol. The van der Waals surface area contributed by atoms with Crippen LogP contribution in [0.3, 0.4) is 0 Å². The van der Waals surface area contributed by atoms with Gasteiger partial charge >= 0.3 is 0 Å². The lowest BCUT2D eigenvalue weighted by molar-refractivity contribution is 1.13. The highest BCUT2D eigenvalue weighted by atomic mass is 15.1. The number of hydrogen-bond acceptors (Lipinski definition) is 1. The molecule has 3 aromatic rings. The molecular weight excluding hydrogens is 266 g/mol. The summed E-state index contributed by atoms with van der Waals surface area (Å²) >= 11 is 0. The minimum atomic E-state index is 1.22. The summed E-state index contributed by atoms with van der Waals surface area (Å²) in [5.41, 5.74) is 7.65. The molecule has 0 amide bonds. The topological polar surface area (TPSA) is 3.24 Å². The molecule has 3 aromatic carbocycles. The lowest BCUT2D eigenvalue weighted by atomic mass is 9.92. The Morgan fingerprint density at radius 3 is 1.73 bits per heavy atom. The van der Waals surface area contributed by atoms with Crippen LogP contribution < -0.4 is 4.90 Å². The van der Waals surface area contributed by atoms with Crippen molar-refractivity contribution in [3.8, 4) is 22.3 Å². The number of hydrogen-bond donors (Lipinski definition) is 0. The number of rotatable bonds is 3. The number of nitrogens with zero attached hydrogens (tertiary/aromatic N) is 1. The van der Waals surface area contributed by atoms with Crippen LogP contribution in [0.15, 0.2) is 72.8 Å². The first-order chi connectivity index (χ1) is 10.7. The third kappa shape index (κ3) is 2.75. The van der Waals surface area contributed by atoms with Gasteiger partial charge < -0.3 is 4.90 Å². The first-order valence-corrected chi connectivity index (χ1v) is 7.59. The first-order valence-electron chi connectivity index (χ1n) is 7.59. The van der Waals surface area contributed by atoms with Crippen molar-refractivity contribution in [1.82, 2.24) is 0 Å². The summed E-state index contributed by atoms with van der Waals surface area (Å²) in [4.78, 5) is 2.12. The summed E-state index contributed by atoms with van der Waals surface area (Å²) < 4.78 is 0. The summed E-state index contributed by atoms with van der Waals surface area (Å²) in [5.74, 6) is 0. The fourth-order valence-corrected chi connectivity index (χ4v) is 2.78. The van der Waals surface area contributed by atoms with E-state index in [1.165, 1.54) is 33.5 Å². The van der Waals surface area contributed by atoms with Gasteiger partial charge in [-0.25, -0.2) is 0 Å². The van der Waals surface area contributed by atoms with E-state index >= 15 is 0 Å². The van der Waals surface area contributed by atoms with Crippen molar-refractivity contribution in [1.29, 1.82) is 0 Å². The van der Waals surface area contributed by atoms with Gasteiger partial charge in [-0.05, 0) is 46.9 Å². The third-order valence-corrected chi connectivity index (χ3v) is 4.06. The van der Waals surface area contributed by atoms with Crippen LogP contribution in [0, 0.1) is 6.92 Å². The molecular formula is C21H21N. The molecule has 0 N–H and O–H groups in total. The van der Waals surface area contributed by atoms with Gasteiger partial charge in [0, 0.05) is 19.8 Å². The molecule has 0 saturated heterocycles. The van der Waals surface area contributed by atoms with E-state index in [0.717, 1.165) is 0 Å². The van der Waals surface area contributed by atoms with Crippen molar-refractivity contribution in [2.24, 2.45) is 0 Å². The van der Waals surface area contributed by atoms with Crippen LogP contribution in [-0.2, 0) is 0 Å². The van der Waals surface area contributed by atoms with Gasteiger partial charge in [-0.2, -0.15) is 0 Å². The Kier molecular flexibility index (Phi) is 3.97. The standard InChI is InChI=1S/C21H21N/c1-16-8-4-5-9-19(16)21-11-7-6-10-20(21)17-12-14-18(15-13-17)22(2)3/h4-15H,1-3H3. The molecule has 22 heavy (non-hydrogen) atoms. The van der Waals surface area contributed by atoms with Gasteiger partial charge in [0.2, 0.25) is 0 Å². The fourth-order valence-electron chi connectivity index (χ4n) is 2.78. The predicted molar refractivity (Wildman–Crippen MR) is 96.4 cm³/mol. The molecule has 0 aromatic heterocycles. The van der Waals surface area contributed by atoms with E-state index in [1.54, 1.807) is 0 Å². The zero-order valence-electron chi connectivity index (χ0n) is 13.4. The van der Waals surface area contributed by atoms with Gasteiger partial charge in [-0.15, -0.1) is 0 Å². The SMILES string of the molecule is Cc1ccccc1-c1ccccc1-c1ccc(N(C)C)cc1. The molecule has 3 rings (SSSR count). The quantitative estimate of drug-likeness (QED) is 0.624. The predicted octanol–water partition coefficient (Wildman–Crippen LogP) is 5.40. The minimum absolute atomic E-state index is 1.22. The smallest absolute Gasteiger partial charge is 0.0361 e. The number of anilines is 1. The summed E-state index contributed by atoms with van der Waals surface area (Å²) in [6.45, 7) is 2.17. The maximum atomic E-state index is 2.21. The second kappa shape index (κ2) is 6.07. The molecule has 0 spiro atoms. The molecule has 0 heterocycles. The second-order valence-corrected chi connectivity index (χ2v) is 5.80. The highest BCUT2D eigenvalue weighted by molar-refractivity contribution is 5.85. The van der Waals surface area contributed by atoms with Crippen molar-refractivity contribution in [2.75, 3.05) is 19.0 Å². The molecule has 0 aliphatic heterocycles. The lowest BCUT2D eigenvalue weighted by Gasteiger charge is -2.15. The van der Waals surface area contributed by atoms with Crippen LogP contribution in [0.25, 0.3) is 22.3 Å². The van der Waals surface area contributed by atoms with Crippen LogP contribution in [-0.4, -0.2) is 14.1 Å². The van der Waals surface area contributed by atoms with E-state index in [9.17, 15) is 0 Å². The zero-order valence-corrected chi connectivity index (χ0v) is 13.4. The van der Waals surface area contributed by atoms with Crippen LogP contribution >= 0.6 is 0 Å². The Morgan fingerprint density at radius 2 is 1.14 bits per heavy atom. The summed E-state index contributed by atoms with van der Waals surface area (Å²) in [7, 11) is 4.13. The molecule has 1 heteroatoms. The monoisotopic (exact) mass is 287 g/mol. The van der Waals surface area contributed by atoms with Crippen LogP contribution in [0.5, 0.6) is 0 Å². The molecule has 0 aliphatic rings. The number of aryl methyl sites for hydroxylation is 1. The highest BCUT2D eigenvalue weighted by Crippen LogP contribution is 2.34. The first kappa shape index (κ1) is 14.4. The van der Waals surface area contributed by atoms with E-state index < -0.39 is 0 Å². The van der Waals surface area contributed by atoms with Gasteiger partial charge in [0.15, 0.2) is 0 Å². The van der Waals surface area contributed by atoms with Crippen LogP contribution in [0.1, 0.15) is 5.56 Å². The molecule has 0 saturated carbocycles. The summed E-state index contributed by atoms with van der Waals surface area (Å²) in [5, 5.41) is 0. The third-order valence-electron chi connectivity index (χ3n) is 4.06. The molecule has 110 valence electrons. The molecule has 0 radical (unpaired) electrons. The maximum absolute atomic E-state index is 2.21. The van der Waals surface area contributed by atoms with E-state index in [-0.39, 0.29) is 0 Å². The van der Waals surface area contributed by atoms with Crippen molar-refractivity contribution in [3.05, 3.63) is 78.4 Å². The molecule has 0 aliphatic carbocycles. The Balaban J connectivity index is 2.11. The Morgan fingerprint density at radius 1 is 0.591 bits per heavy atom. The molecule has 1 nitrogen and oxygen atoms in total. The normalized spacial score (nSPS) is 10.5. The second-order valence-electron chi connectivity index (χ2n) is 5.80. The van der Waals surface area contributed by atoms with Gasteiger partial charge in [0.05, 0.1) is 0 Å². The largest absolute Gasteiger partial charge is 0.378 e. The summed E-state index contributed by atoms with van der Waals surface area (Å²) in [6, 6.07) is 25.9. The average Bonchev–Trinajstić information content (AvgIpc) is 2.55. The zero-order chi connectivity index (χ0) is 15.5. The van der Waals surface area contributed by atoms with Gasteiger partial charge in [0.1, 0.15) is 0 Å².